The van der Waals surface area contributed by atoms with Crippen molar-refractivity contribution in [3.05, 3.63) is 29.6 Å². The van der Waals surface area contributed by atoms with Crippen molar-refractivity contribution in [2.24, 2.45) is 0 Å². The Balaban J connectivity index is 0.00000180. The van der Waals surface area contributed by atoms with Crippen molar-refractivity contribution in [1.82, 2.24) is 5.32 Å². The van der Waals surface area contributed by atoms with Gasteiger partial charge >= 0.3 is 0 Å². The molecule has 2 rings (SSSR count). The molecular formula is C14H21ClFNO2. The molecule has 0 atom stereocenters. The molecule has 3 nitrogen and oxygen atoms in total. The third-order valence-electron chi connectivity index (χ3n) is 3.31. The van der Waals surface area contributed by atoms with Crippen LogP contribution >= 0.6 is 12.4 Å². The fraction of sp³-hybridized carbons (Fsp3) is 0.571. The molecule has 0 saturated carbocycles. The minimum atomic E-state index is -0.276. The molecule has 0 spiro atoms. The highest BCUT2D eigenvalue weighted by Gasteiger charge is 2.21. The van der Waals surface area contributed by atoms with E-state index < -0.39 is 0 Å². The quantitative estimate of drug-likeness (QED) is 0.846. The molecule has 0 radical (unpaired) electrons. The van der Waals surface area contributed by atoms with Gasteiger partial charge in [-0.1, -0.05) is 12.1 Å². The number of hydrogen-bond acceptors (Lipinski definition) is 3. The lowest BCUT2D eigenvalue weighted by atomic mass is 9.89. The van der Waals surface area contributed by atoms with Crippen LogP contribution in [0.5, 0.6) is 5.75 Å². The Morgan fingerprint density at radius 1 is 1.26 bits per heavy atom. The van der Waals surface area contributed by atoms with Crippen LogP contribution in [0.1, 0.15) is 24.3 Å². The summed E-state index contributed by atoms with van der Waals surface area (Å²) in [6, 6.07) is 5.18. The van der Waals surface area contributed by atoms with Crippen molar-refractivity contribution < 1.29 is 13.9 Å². The molecule has 19 heavy (non-hydrogen) atoms. The lowest BCUT2D eigenvalue weighted by molar-refractivity contribution is 0.142. The van der Waals surface area contributed by atoms with E-state index in [9.17, 15) is 4.39 Å². The number of halogens is 2. The van der Waals surface area contributed by atoms with Crippen LogP contribution in [0.2, 0.25) is 0 Å². The van der Waals surface area contributed by atoms with Crippen LogP contribution in [0.4, 0.5) is 4.39 Å². The molecule has 1 aromatic rings. The smallest absolute Gasteiger partial charge is 0.165 e. The van der Waals surface area contributed by atoms with E-state index in [-0.39, 0.29) is 18.2 Å². The van der Waals surface area contributed by atoms with E-state index in [0.29, 0.717) is 24.9 Å². The number of benzene rings is 1. The Morgan fingerprint density at radius 2 is 2.00 bits per heavy atom. The van der Waals surface area contributed by atoms with Crippen molar-refractivity contribution in [3.8, 4) is 5.75 Å². The highest BCUT2D eigenvalue weighted by molar-refractivity contribution is 5.85. The molecule has 1 aliphatic rings. The van der Waals surface area contributed by atoms with E-state index >= 15 is 0 Å². The predicted octanol–water partition coefficient (Wildman–Crippen LogP) is 2.74. The first kappa shape index (κ1) is 16.2. The zero-order chi connectivity index (χ0) is 12.8. The van der Waals surface area contributed by atoms with Crippen molar-refractivity contribution in [2.45, 2.75) is 18.8 Å². The molecule has 1 heterocycles. The van der Waals surface area contributed by atoms with Crippen LogP contribution < -0.4 is 10.1 Å². The van der Waals surface area contributed by atoms with Gasteiger partial charge in [-0.05, 0) is 37.9 Å². The Bertz CT molecular complexity index is 384. The lowest BCUT2D eigenvalue weighted by Crippen LogP contribution is -2.27. The van der Waals surface area contributed by atoms with E-state index in [1.807, 2.05) is 6.07 Å². The predicted molar refractivity (Wildman–Crippen MR) is 75.9 cm³/mol. The zero-order valence-corrected chi connectivity index (χ0v) is 12.0. The number of hydrogen-bond donors (Lipinski definition) is 1. The second-order valence-electron chi connectivity index (χ2n) is 4.52. The van der Waals surface area contributed by atoms with Crippen LogP contribution in [0, 0.1) is 5.82 Å². The van der Waals surface area contributed by atoms with E-state index in [2.05, 4.69) is 5.32 Å². The third-order valence-corrected chi connectivity index (χ3v) is 3.31. The van der Waals surface area contributed by atoms with Gasteiger partial charge < -0.3 is 14.8 Å². The lowest BCUT2D eigenvalue weighted by Gasteiger charge is -2.25. The number of para-hydroxylation sites is 1. The summed E-state index contributed by atoms with van der Waals surface area (Å²) in [4.78, 5) is 0. The maximum Gasteiger partial charge on any atom is 0.165 e. The van der Waals surface area contributed by atoms with Crippen LogP contribution in [0.25, 0.3) is 0 Å². The first-order valence-corrected chi connectivity index (χ1v) is 6.44. The monoisotopic (exact) mass is 289 g/mol. The highest BCUT2D eigenvalue weighted by atomic mass is 35.5. The van der Waals surface area contributed by atoms with Gasteiger partial charge in [-0.15, -0.1) is 12.4 Å². The minimum absolute atomic E-state index is 0. The van der Waals surface area contributed by atoms with E-state index in [1.54, 1.807) is 13.2 Å². The van der Waals surface area contributed by atoms with Crippen molar-refractivity contribution >= 4 is 12.4 Å². The summed E-state index contributed by atoms with van der Waals surface area (Å²) in [5.41, 5.74) is 0.993. The highest BCUT2D eigenvalue weighted by Crippen LogP contribution is 2.34. The standard InChI is InChI=1S/C14H20FNO2.ClH/c1-17-9-10-18-14-12(3-2-4-13(14)15)11-5-7-16-8-6-11;/h2-4,11,16H,5-10H2,1H3;1H. The summed E-state index contributed by atoms with van der Waals surface area (Å²) in [6.45, 7) is 2.83. The third kappa shape index (κ3) is 4.34. The van der Waals surface area contributed by atoms with E-state index in [1.165, 1.54) is 6.07 Å². The summed E-state index contributed by atoms with van der Waals surface area (Å²) >= 11 is 0. The first-order valence-electron chi connectivity index (χ1n) is 6.44. The van der Waals surface area contributed by atoms with Crippen molar-refractivity contribution in [1.29, 1.82) is 0 Å². The molecule has 1 saturated heterocycles. The number of methoxy groups -OCH3 is 1. The molecule has 1 N–H and O–H groups in total. The maximum atomic E-state index is 13.9. The Kier molecular flexibility index (Phi) is 7.13. The largest absolute Gasteiger partial charge is 0.488 e. The fourth-order valence-corrected chi connectivity index (χ4v) is 2.36. The molecule has 5 heteroatoms. The van der Waals surface area contributed by atoms with Gasteiger partial charge in [-0.3, -0.25) is 0 Å². The van der Waals surface area contributed by atoms with Gasteiger partial charge in [-0.25, -0.2) is 4.39 Å². The Hall–Kier alpha value is -0.840. The van der Waals surface area contributed by atoms with Gasteiger partial charge in [0, 0.05) is 12.7 Å². The molecule has 0 aromatic heterocycles. The number of ether oxygens (including phenoxy) is 2. The second-order valence-corrected chi connectivity index (χ2v) is 4.52. The van der Waals surface area contributed by atoms with E-state index in [4.69, 9.17) is 9.47 Å². The number of piperidine rings is 1. The van der Waals surface area contributed by atoms with Crippen molar-refractivity contribution in [3.63, 3.8) is 0 Å². The first-order chi connectivity index (χ1) is 8.83. The maximum absolute atomic E-state index is 13.9. The second kappa shape index (κ2) is 8.35. The van der Waals surface area contributed by atoms with Gasteiger partial charge in [0.15, 0.2) is 11.6 Å². The molecule has 1 fully saturated rings. The molecule has 0 unspecified atom stereocenters. The molecule has 0 bridgehead atoms. The van der Waals surface area contributed by atoms with Gasteiger partial charge in [0.1, 0.15) is 6.61 Å². The molecule has 108 valence electrons. The van der Waals surface area contributed by atoms with Crippen LogP contribution in [-0.4, -0.2) is 33.4 Å². The van der Waals surface area contributed by atoms with Gasteiger partial charge in [-0.2, -0.15) is 0 Å². The van der Waals surface area contributed by atoms with Gasteiger partial charge in [0.2, 0.25) is 0 Å². The summed E-state index contributed by atoms with van der Waals surface area (Å²) in [6.07, 6.45) is 2.06. The minimum Gasteiger partial charge on any atom is -0.488 e. The van der Waals surface area contributed by atoms with Crippen LogP contribution in [-0.2, 0) is 4.74 Å². The molecule has 0 aliphatic carbocycles. The average Bonchev–Trinajstić information content (AvgIpc) is 2.42. The van der Waals surface area contributed by atoms with E-state index in [0.717, 1.165) is 31.5 Å². The Labute approximate surface area is 119 Å². The summed E-state index contributed by atoms with van der Waals surface area (Å²) in [5.74, 6) is 0.517. The van der Waals surface area contributed by atoms with Crippen LogP contribution in [0.15, 0.2) is 18.2 Å². The molecule has 0 amide bonds. The average molecular weight is 290 g/mol. The zero-order valence-electron chi connectivity index (χ0n) is 11.2. The normalized spacial score (nSPS) is 15.9. The Morgan fingerprint density at radius 3 is 2.68 bits per heavy atom. The summed E-state index contributed by atoms with van der Waals surface area (Å²) in [7, 11) is 1.61. The van der Waals surface area contributed by atoms with Crippen molar-refractivity contribution in [2.75, 3.05) is 33.4 Å². The number of nitrogens with one attached hydrogen (secondary N) is 1. The number of rotatable bonds is 5. The molecule has 1 aliphatic heterocycles. The fourth-order valence-electron chi connectivity index (χ4n) is 2.36. The summed E-state index contributed by atoms with van der Waals surface area (Å²) < 4.78 is 24.3. The van der Waals surface area contributed by atoms with Crippen LogP contribution in [0.3, 0.4) is 0 Å². The SMILES string of the molecule is COCCOc1c(F)cccc1C1CCNCC1.Cl. The summed E-state index contributed by atoms with van der Waals surface area (Å²) in [5, 5.41) is 3.32. The topological polar surface area (TPSA) is 30.5 Å². The molecule has 1 aromatic carbocycles. The van der Waals surface area contributed by atoms with Gasteiger partial charge in [0.25, 0.3) is 0 Å². The molecular weight excluding hydrogens is 269 g/mol. The van der Waals surface area contributed by atoms with Gasteiger partial charge in [0.05, 0.1) is 6.61 Å².